The molecule has 1 rings (SSSR count). The summed E-state index contributed by atoms with van der Waals surface area (Å²) >= 11 is 0. The van der Waals surface area contributed by atoms with Crippen molar-refractivity contribution < 1.29 is 14.3 Å². The first kappa shape index (κ1) is 14.0. The van der Waals surface area contributed by atoms with Gasteiger partial charge in [0.25, 0.3) is 5.91 Å². The van der Waals surface area contributed by atoms with Crippen LogP contribution < -0.4 is 5.32 Å². The molecule has 0 unspecified atom stereocenters. The van der Waals surface area contributed by atoms with Gasteiger partial charge >= 0.3 is 5.97 Å². The van der Waals surface area contributed by atoms with Crippen LogP contribution in [0.15, 0.2) is 42.6 Å². The van der Waals surface area contributed by atoms with Crippen molar-refractivity contribution in [3.05, 3.63) is 48.2 Å². The van der Waals surface area contributed by atoms with E-state index in [1.54, 1.807) is 24.3 Å². The Kier molecular flexibility index (Phi) is 5.11. The average Bonchev–Trinajstić information content (AvgIpc) is 2.36. The summed E-state index contributed by atoms with van der Waals surface area (Å²) in [6, 6.07) is 8.61. The van der Waals surface area contributed by atoms with Crippen LogP contribution in [0, 0.1) is 5.92 Å². The fourth-order valence-electron chi connectivity index (χ4n) is 1.18. The van der Waals surface area contributed by atoms with Gasteiger partial charge in [0.2, 0.25) is 0 Å². The Hall–Kier alpha value is -2.10. The number of hydrogen-bond acceptors (Lipinski definition) is 3. The van der Waals surface area contributed by atoms with Crippen molar-refractivity contribution in [2.24, 2.45) is 5.92 Å². The van der Waals surface area contributed by atoms with Crippen LogP contribution in [0.4, 0.5) is 0 Å². The van der Waals surface area contributed by atoms with Crippen LogP contribution in [-0.2, 0) is 9.53 Å². The van der Waals surface area contributed by atoms with Gasteiger partial charge in [-0.25, -0.2) is 4.79 Å². The molecule has 1 aromatic rings. The maximum Gasteiger partial charge on any atom is 0.354 e. The van der Waals surface area contributed by atoms with E-state index in [0.29, 0.717) is 12.2 Å². The van der Waals surface area contributed by atoms with Crippen LogP contribution in [0.1, 0.15) is 24.2 Å². The highest BCUT2D eigenvalue weighted by Gasteiger charge is 2.13. The van der Waals surface area contributed by atoms with Crippen LogP contribution in [-0.4, -0.2) is 18.5 Å². The number of nitrogens with one attached hydrogen (secondary N) is 1. The fourth-order valence-corrected chi connectivity index (χ4v) is 1.18. The molecule has 1 N–H and O–H groups in total. The highest BCUT2D eigenvalue weighted by atomic mass is 16.5. The van der Waals surface area contributed by atoms with Gasteiger partial charge < -0.3 is 10.1 Å². The van der Waals surface area contributed by atoms with Gasteiger partial charge in [-0.1, -0.05) is 38.6 Å². The van der Waals surface area contributed by atoms with E-state index in [4.69, 9.17) is 4.74 Å². The Bertz CT molecular complexity index is 438. The van der Waals surface area contributed by atoms with Crippen molar-refractivity contribution in [3.63, 3.8) is 0 Å². The Morgan fingerprint density at radius 2 is 1.89 bits per heavy atom. The summed E-state index contributed by atoms with van der Waals surface area (Å²) in [5.74, 6) is -0.735. The molecule has 0 radical (unpaired) electrons. The zero-order valence-electron chi connectivity index (χ0n) is 10.6. The number of hydrogen-bond donors (Lipinski definition) is 1. The van der Waals surface area contributed by atoms with Gasteiger partial charge in [0.15, 0.2) is 0 Å². The summed E-state index contributed by atoms with van der Waals surface area (Å²) in [5, 5.41) is 2.41. The Balaban J connectivity index is 2.50. The lowest BCUT2D eigenvalue weighted by molar-refractivity contribution is -0.140. The van der Waals surface area contributed by atoms with Gasteiger partial charge in [0.05, 0.1) is 6.61 Å². The number of carbonyl (C=O) groups excluding carboxylic acids is 2. The van der Waals surface area contributed by atoms with Crippen molar-refractivity contribution in [3.8, 4) is 0 Å². The first-order valence-electron chi connectivity index (χ1n) is 5.73. The minimum absolute atomic E-state index is 0.0514. The summed E-state index contributed by atoms with van der Waals surface area (Å²) < 4.78 is 4.95. The molecule has 0 aliphatic heterocycles. The molecular weight excluding hydrogens is 230 g/mol. The lowest BCUT2D eigenvalue weighted by Crippen LogP contribution is -2.28. The normalized spacial score (nSPS) is 9.94. The molecule has 18 heavy (non-hydrogen) atoms. The molecule has 0 spiro atoms. The molecule has 0 fully saturated rings. The molecular formula is C14H17NO3. The molecule has 96 valence electrons. The number of esters is 1. The summed E-state index contributed by atoms with van der Waals surface area (Å²) in [7, 11) is 0. The van der Waals surface area contributed by atoms with E-state index in [0.717, 1.165) is 0 Å². The second-order valence-corrected chi connectivity index (χ2v) is 4.29. The highest BCUT2D eigenvalue weighted by Crippen LogP contribution is 2.01. The van der Waals surface area contributed by atoms with Crippen molar-refractivity contribution in [2.45, 2.75) is 13.8 Å². The number of rotatable bonds is 5. The smallest absolute Gasteiger partial charge is 0.354 e. The molecule has 4 heteroatoms. The van der Waals surface area contributed by atoms with Gasteiger partial charge in [-0.15, -0.1) is 0 Å². The third-order valence-corrected chi connectivity index (χ3v) is 2.09. The number of carbonyl (C=O) groups is 2. The molecule has 4 nitrogen and oxygen atoms in total. The second-order valence-electron chi connectivity index (χ2n) is 4.29. The fraction of sp³-hybridized carbons (Fsp3) is 0.286. The van der Waals surface area contributed by atoms with Crippen molar-refractivity contribution in [2.75, 3.05) is 6.61 Å². The molecule has 0 bridgehead atoms. The monoisotopic (exact) mass is 247 g/mol. The highest BCUT2D eigenvalue weighted by molar-refractivity contribution is 6.00. The van der Waals surface area contributed by atoms with E-state index in [-0.39, 0.29) is 17.5 Å². The molecule has 1 aromatic carbocycles. The lowest BCUT2D eigenvalue weighted by Gasteiger charge is -2.10. The first-order valence-corrected chi connectivity index (χ1v) is 5.73. The van der Waals surface area contributed by atoms with E-state index in [9.17, 15) is 9.59 Å². The molecule has 0 atom stereocenters. The largest absolute Gasteiger partial charge is 0.461 e. The van der Waals surface area contributed by atoms with E-state index in [2.05, 4.69) is 11.9 Å². The molecule has 1 amide bonds. The van der Waals surface area contributed by atoms with Gasteiger partial charge in [0.1, 0.15) is 5.70 Å². The van der Waals surface area contributed by atoms with E-state index in [1.165, 1.54) is 0 Å². The second kappa shape index (κ2) is 6.59. The topological polar surface area (TPSA) is 55.4 Å². The lowest BCUT2D eigenvalue weighted by atomic mass is 10.2. The molecule has 0 aromatic heterocycles. The summed E-state index contributed by atoms with van der Waals surface area (Å²) in [6.45, 7) is 7.65. The number of ether oxygens (including phenoxy) is 1. The predicted octanol–water partition coefficient (Wildman–Crippen LogP) is 2.13. The van der Waals surface area contributed by atoms with Gasteiger partial charge in [-0.2, -0.15) is 0 Å². The molecule has 0 aliphatic rings. The number of amides is 1. The van der Waals surface area contributed by atoms with Crippen molar-refractivity contribution in [1.29, 1.82) is 0 Å². The van der Waals surface area contributed by atoms with Gasteiger partial charge in [0, 0.05) is 5.56 Å². The standard InChI is InChI=1S/C14H17NO3/c1-10(2)9-18-14(17)11(3)15-13(16)12-7-5-4-6-8-12/h4-8,10H,3,9H2,1-2H3,(H,15,16). The Labute approximate surface area is 107 Å². The van der Waals surface area contributed by atoms with Crippen molar-refractivity contribution in [1.82, 2.24) is 5.32 Å². The first-order chi connectivity index (χ1) is 8.50. The SMILES string of the molecule is C=C(NC(=O)c1ccccc1)C(=O)OCC(C)C. The van der Waals surface area contributed by atoms with Crippen LogP contribution in [0.3, 0.4) is 0 Å². The number of benzene rings is 1. The van der Waals surface area contributed by atoms with Crippen LogP contribution in [0.25, 0.3) is 0 Å². The Morgan fingerprint density at radius 3 is 2.44 bits per heavy atom. The zero-order valence-corrected chi connectivity index (χ0v) is 10.6. The molecule has 0 saturated carbocycles. The summed E-state index contributed by atoms with van der Waals surface area (Å²) in [6.07, 6.45) is 0. The minimum atomic E-state index is -0.604. The summed E-state index contributed by atoms with van der Waals surface area (Å²) in [4.78, 5) is 23.2. The third-order valence-electron chi connectivity index (χ3n) is 2.09. The average molecular weight is 247 g/mol. The molecule has 0 saturated heterocycles. The zero-order chi connectivity index (χ0) is 13.5. The van der Waals surface area contributed by atoms with Crippen LogP contribution >= 0.6 is 0 Å². The van der Waals surface area contributed by atoms with E-state index >= 15 is 0 Å². The Morgan fingerprint density at radius 1 is 1.28 bits per heavy atom. The maximum absolute atomic E-state index is 11.7. The van der Waals surface area contributed by atoms with Crippen LogP contribution in [0.5, 0.6) is 0 Å². The maximum atomic E-state index is 11.7. The van der Waals surface area contributed by atoms with Gasteiger partial charge in [-0.05, 0) is 18.1 Å². The van der Waals surface area contributed by atoms with Crippen molar-refractivity contribution >= 4 is 11.9 Å². The van der Waals surface area contributed by atoms with E-state index < -0.39 is 5.97 Å². The minimum Gasteiger partial charge on any atom is -0.461 e. The third kappa shape index (κ3) is 4.41. The predicted molar refractivity (Wildman–Crippen MR) is 68.8 cm³/mol. The van der Waals surface area contributed by atoms with E-state index in [1.807, 2.05) is 19.9 Å². The summed E-state index contributed by atoms with van der Waals surface area (Å²) in [5.41, 5.74) is 0.416. The van der Waals surface area contributed by atoms with Gasteiger partial charge in [-0.3, -0.25) is 4.79 Å². The molecule has 0 heterocycles. The van der Waals surface area contributed by atoms with Crippen LogP contribution in [0.2, 0.25) is 0 Å². The quantitative estimate of drug-likeness (QED) is 0.640. The molecule has 0 aliphatic carbocycles.